The Labute approximate surface area is 183 Å². The first-order valence-corrected chi connectivity index (χ1v) is 10.4. The minimum absolute atomic E-state index is 0.0361. The summed E-state index contributed by atoms with van der Waals surface area (Å²) in [4.78, 5) is 4.33. The number of nitrogens with one attached hydrogen (secondary N) is 1. The second-order valence-corrected chi connectivity index (χ2v) is 10.1. The predicted molar refractivity (Wildman–Crippen MR) is 125 cm³/mol. The number of rotatable bonds is 5. The van der Waals surface area contributed by atoms with Crippen LogP contribution in [-0.2, 0) is 10.8 Å². The summed E-state index contributed by atoms with van der Waals surface area (Å²) >= 11 is 11.9. The normalized spacial score (nSPS) is 12.6. The summed E-state index contributed by atoms with van der Waals surface area (Å²) in [6.45, 7) is 13.7. The first-order chi connectivity index (χ1) is 13.3. The van der Waals surface area contributed by atoms with Gasteiger partial charge < -0.3 is 15.5 Å². The van der Waals surface area contributed by atoms with Gasteiger partial charge in [-0.25, -0.2) is 0 Å². The van der Waals surface area contributed by atoms with Crippen LogP contribution in [0.15, 0.2) is 29.3 Å². The van der Waals surface area contributed by atoms with Crippen LogP contribution < -0.4 is 5.32 Å². The molecule has 29 heavy (non-hydrogen) atoms. The van der Waals surface area contributed by atoms with Crippen LogP contribution in [0.1, 0.15) is 58.2 Å². The van der Waals surface area contributed by atoms with Crippen LogP contribution in [-0.4, -0.2) is 29.5 Å². The van der Waals surface area contributed by atoms with E-state index >= 15 is 0 Å². The van der Waals surface area contributed by atoms with Crippen molar-refractivity contribution in [2.45, 2.75) is 52.4 Å². The molecular formula is C23H30Cl2N2O2. The Morgan fingerprint density at radius 1 is 0.931 bits per heavy atom. The number of hydrogen-bond donors (Lipinski definition) is 3. The smallest absolute Gasteiger partial charge is 0.143 e. The maximum Gasteiger partial charge on any atom is 0.143 e. The molecule has 0 aromatic heterocycles. The molecule has 0 aliphatic rings. The zero-order valence-electron chi connectivity index (χ0n) is 17.9. The van der Waals surface area contributed by atoms with Crippen molar-refractivity contribution in [1.82, 2.24) is 0 Å². The molecule has 2 aromatic carbocycles. The maximum atomic E-state index is 10.8. The monoisotopic (exact) mass is 436 g/mol. The van der Waals surface area contributed by atoms with Gasteiger partial charge in [-0.05, 0) is 34.6 Å². The van der Waals surface area contributed by atoms with Crippen molar-refractivity contribution in [3.8, 4) is 11.5 Å². The Morgan fingerprint density at radius 3 is 2.17 bits per heavy atom. The molecule has 2 rings (SSSR count). The van der Waals surface area contributed by atoms with Gasteiger partial charge in [0.2, 0.25) is 0 Å². The standard InChI is InChI=1S/C23H30Cl2N2O2/c1-22(2,3)15-10-17(23(4,5)6)21(29)19(11-15)27-8-7-26-13-14-9-16(24)12-18(25)20(14)28/h9-13,27-29H,7-8H2,1-6H3. The molecule has 3 N–H and O–H groups in total. The van der Waals surface area contributed by atoms with Crippen molar-refractivity contribution < 1.29 is 10.2 Å². The molecule has 6 heteroatoms. The number of anilines is 1. The van der Waals surface area contributed by atoms with Crippen LogP contribution >= 0.6 is 23.2 Å². The summed E-state index contributed by atoms with van der Waals surface area (Å²) in [5.41, 5.74) is 3.02. The van der Waals surface area contributed by atoms with Crippen molar-refractivity contribution in [1.29, 1.82) is 0 Å². The van der Waals surface area contributed by atoms with Gasteiger partial charge >= 0.3 is 0 Å². The molecule has 0 unspecified atom stereocenters. The molecule has 0 radical (unpaired) electrons. The molecule has 0 saturated heterocycles. The highest BCUT2D eigenvalue weighted by Crippen LogP contribution is 2.40. The number of benzene rings is 2. The lowest BCUT2D eigenvalue weighted by Gasteiger charge is -2.27. The third-order valence-corrected chi connectivity index (χ3v) is 5.13. The Balaban J connectivity index is 2.16. The predicted octanol–water partition coefficient (Wildman–Crippen LogP) is 6.53. The molecule has 2 aromatic rings. The first-order valence-electron chi connectivity index (χ1n) is 9.60. The molecule has 0 amide bonds. The summed E-state index contributed by atoms with van der Waals surface area (Å²) < 4.78 is 0. The number of hydrogen-bond acceptors (Lipinski definition) is 4. The van der Waals surface area contributed by atoms with E-state index in [0.29, 0.717) is 29.4 Å². The minimum atomic E-state index is -0.177. The van der Waals surface area contributed by atoms with Crippen LogP contribution in [0.3, 0.4) is 0 Å². The largest absolute Gasteiger partial charge is 0.506 e. The number of halogens is 2. The highest BCUT2D eigenvalue weighted by atomic mass is 35.5. The number of aromatic hydroxyl groups is 2. The summed E-state index contributed by atoms with van der Waals surface area (Å²) in [5, 5.41) is 24.7. The third-order valence-electron chi connectivity index (χ3n) is 4.63. The number of aliphatic imine (C=N–C) groups is 1. The van der Waals surface area contributed by atoms with E-state index in [9.17, 15) is 10.2 Å². The molecule has 0 heterocycles. The Bertz CT molecular complexity index is 911. The van der Waals surface area contributed by atoms with Crippen molar-refractivity contribution in [2.75, 3.05) is 18.4 Å². The molecule has 0 bridgehead atoms. The molecule has 0 aliphatic heterocycles. The van der Waals surface area contributed by atoms with E-state index < -0.39 is 0 Å². The SMILES string of the molecule is CC(C)(C)c1cc(NCCN=Cc2cc(Cl)cc(Cl)c2O)c(O)c(C(C)(C)C)c1. The Hall–Kier alpha value is -1.91. The fraction of sp³-hybridized carbons (Fsp3) is 0.435. The summed E-state index contributed by atoms with van der Waals surface area (Å²) in [7, 11) is 0. The van der Waals surface area contributed by atoms with Crippen LogP contribution in [0.25, 0.3) is 0 Å². The number of nitrogens with zero attached hydrogens (tertiary/aromatic N) is 1. The molecular weight excluding hydrogens is 407 g/mol. The molecule has 0 atom stereocenters. The van der Waals surface area contributed by atoms with Gasteiger partial charge in [-0.15, -0.1) is 0 Å². The minimum Gasteiger partial charge on any atom is -0.506 e. The van der Waals surface area contributed by atoms with Gasteiger partial charge in [0.25, 0.3) is 0 Å². The van der Waals surface area contributed by atoms with Gasteiger partial charge in [0.05, 0.1) is 17.3 Å². The van der Waals surface area contributed by atoms with Crippen molar-refractivity contribution in [3.05, 3.63) is 51.0 Å². The van der Waals surface area contributed by atoms with Crippen LogP contribution in [0.5, 0.6) is 11.5 Å². The average Bonchev–Trinajstić information content (AvgIpc) is 2.57. The van der Waals surface area contributed by atoms with Gasteiger partial charge in [0, 0.05) is 28.9 Å². The summed E-state index contributed by atoms with van der Waals surface area (Å²) in [5.74, 6) is 0.229. The van der Waals surface area contributed by atoms with Crippen LogP contribution in [0, 0.1) is 0 Å². The van der Waals surface area contributed by atoms with Gasteiger partial charge in [-0.3, -0.25) is 4.99 Å². The van der Waals surface area contributed by atoms with Gasteiger partial charge in [-0.1, -0.05) is 70.8 Å². The van der Waals surface area contributed by atoms with E-state index in [1.165, 1.54) is 6.07 Å². The van der Waals surface area contributed by atoms with Gasteiger partial charge in [0.1, 0.15) is 11.5 Å². The van der Waals surface area contributed by atoms with E-state index in [1.54, 1.807) is 12.3 Å². The second kappa shape index (κ2) is 8.85. The molecule has 0 aliphatic carbocycles. The maximum absolute atomic E-state index is 10.8. The molecule has 158 valence electrons. The highest BCUT2D eigenvalue weighted by Gasteiger charge is 2.24. The Kier molecular flexibility index (Phi) is 7.13. The highest BCUT2D eigenvalue weighted by molar-refractivity contribution is 6.36. The van der Waals surface area contributed by atoms with Crippen LogP contribution in [0.4, 0.5) is 5.69 Å². The fourth-order valence-electron chi connectivity index (χ4n) is 2.88. The summed E-state index contributed by atoms with van der Waals surface area (Å²) in [6, 6.07) is 7.17. The van der Waals surface area contributed by atoms with Crippen LogP contribution in [0.2, 0.25) is 10.0 Å². The van der Waals surface area contributed by atoms with E-state index in [2.05, 4.69) is 57.9 Å². The van der Waals surface area contributed by atoms with Crippen molar-refractivity contribution >= 4 is 35.1 Å². The average molecular weight is 437 g/mol. The molecule has 0 fully saturated rings. The van der Waals surface area contributed by atoms with E-state index in [1.807, 2.05) is 6.07 Å². The van der Waals surface area contributed by atoms with Crippen molar-refractivity contribution in [2.24, 2.45) is 4.99 Å². The van der Waals surface area contributed by atoms with E-state index in [4.69, 9.17) is 23.2 Å². The lowest BCUT2D eigenvalue weighted by Crippen LogP contribution is -2.18. The number of phenols is 2. The lowest BCUT2D eigenvalue weighted by atomic mass is 9.79. The third kappa shape index (κ3) is 6.03. The molecule has 0 saturated carbocycles. The fourth-order valence-corrected chi connectivity index (χ4v) is 3.39. The van der Waals surface area contributed by atoms with Gasteiger partial charge in [-0.2, -0.15) is 0 Å². The second-order valence-electron chi connectivity index (χ2n) is 9.21. The number of phenolic OH excluding ortho intramolecular Hbond substituents is 2. The Morgan fingerprint density at radius 2 is 1.59 bits per heavy atom. The van der Waals surface area contributed by atoms with Crippen molar-refractivity contribution in [3.63, 3.8) is 0 Å². The van der Waals surface area contributed by atoms with E-state index in [0.717, 1.165) is 11.1 Å². The zero-order chi connectivity index (χ0) is 22.0. The quantitative estimate of drug-likeness (QED) is 0.283. The molecule has 4 nitrogen and oxygen atoms in total. The van der Waals surface area contributed by atoms with Gasteiger partial charge in [0.15, 0.2) is 0 Å². The molecule has 0 spiro atoms. The first kappa shape index (κ1) is 23.4. The lowest BCUT2D eigenvalue weighted by molar-refractivity contribution is 0.446. The summed E-state index contributed by atoms with van der Waals surface area (Å²) in [6.07, 6.45) is 1.54. The zero-order valence-corrected chi connectivity index (χ0v) is 19.4. The topological polar surface area (TPSA) is 64.9 Å². The van der Waals surface area contributed by atoms with E-state index in [-0.39, 0.29) is 27.4 Å².